The summed E-state index contributed by atoms with van der Waals surface area (Å²) in [6, 6.07) is 0.605. The van der Waals surface area contributed by atoms with Crippen molar-refractivity contribution in [3.05, 3.63) is 0 Å². The highest BCUT2D eigenvalue weighted by molar-refractivity contribution is 6.60. The molecule has 0 saturated carbocycles. The summed E-state index contributed by atoms with van der Waals surface area (Å²) in [6.07, 6.45) is 2.48. The number of hydrogen-bond acceptors (Lipinski definition) is 5. The van der Waals surface area contributed by atoms with Crippen LogP contribution in [0.2, 0.25) is 6.04 Å². The summed E-state index contributed by atoms with van der Waals surface area (Å²) in [4.78, 5) is 1.13. The molecule has 0 rings (SSSR count). The Balaban J connectivity index is 4.47. The Kier molecular flexibility index (Phi) is 9.16. The predicted molar refractivity (Wildman–Crippen MR) is 74.3 cm³/mol. The number of rotatable bonds is 10. The largest absolute Gasteiger partial charge is 0.500 e. The molecule has 8 heteroatoms. The van der Waals surface area contributed by atoms with Crippen molar-refractivity contribution in [1.82, 2.24) is 4.90 Å². The third-order valence-corrected chi connectivity index (χ3v) is 5.52. The van der Waals surface area contributed by atoms with Gasteiger partial charge in [-0.05, 0) is 27.2 Å². The molecule has 0 aliphatic heterocycles. The summed E-state index contributed by atoms with van der Waals surface area (Å²) < 4.78 is 17.1. The number of nitriles is 1. The number of hydrogen-bond donors (Lipinski definition) is 2. The van der Waals surface area contributed by atoms with Gasteiger partial charge >= 0.3 is 8.80 Å². The molecular formula is C11H24N4O3Si. The SMILES string of the molecule is CCO[Si](CCCN(C#N)C(=N)N)(OCC)OCC. The van der Waals surface area contributed by atoms with Gasteiger partial charge in [-0.2, -0.15) is 5.26 Å². The fraction of sp³-hybridized carbons (Fsp3) is 0.818. The Morgan fingerprint density at radius 1 is 1.21 bits per heavy atom. The van der Waals surface area contributed by atoms with Crippen molar-refractivity contribution < 1.29 is 13.3 Å². The van der Waals surface area contributed by atoms with Crippen LogP contribution in [0.25, 0.3) is 0 Å². The average Bonchev–Trinajstić information content (AvgIpc) is 2.35. The Morgan fingerprint density at radius 2 is 1.68 bits per heavy atom. The zero-order valence-electron chi connectivity index (χ0n) is 11.9. The predicted octanol–water partition coefficient (Wildman–Crippen LogP) is 1.10. The minimum atomic E-state index is -2.66. The monoisotopic (exact) mass is 288 g/mol. The third-order valence-electron chi connectivity index (χ3n) is 2.37. The Hall–Kier alpha value is -1.14. The van der Waals surface area contributed by atoms with Crippen LogP contribution in [0, 0.1) is 16.9 Å². The van der Waals surface area contributed by atoms with Gasteiger partial charge < -0.3 is 19.0 Å². The van der Waals surface area contributed by atoms with Gasteiger partial charge in [0.25, 0.3) is 0 Å². The van der Waals surface area contributed by atoms with Crippen LogP contribution < -0.4 is 5.73 Å². The van der Waals surface area contributed by atoms with Crippen LogP contribution in [0.1, 0.15) is 27.2 Å². The van der Waals surface area contributed by atoms with E-state index >= 15 is 0 Å². The van der Waals surface area contributed by atoms with E-state index in [2.05, 4.69) is 0 Å². The maximum atomic E-state index is 8.81. The molecule has 0 aliphatic carbocycles. The van der Waals surface area contributed by atoms with E-state index in [0.29, 0.717) is 38.8 Å². The molecular weight excluding hydrogens is 264 g/mol. The average molecular weight is 288 g/mol. The highest BCUT2D eigenvalue weighted by atomic mass is 28.4. The topological polar surface area (TPSA) is 105 Å². The first-order valence-electron chi connectivity index (χ1n) is 6.48. The van der Waals surface area contributed by atoms with E-state index in [-0.39, 0.29) is 5.96 Å². The third kappa shape index (κ3) is 6.54. The Bertz CT molecular complexity index is 292. The van der Waals surface area contributed by atoms with E-state index in [4.69, 9.17) is 29.7 Å². The molecule has 0 aromatic rings. The molecule has 0 saturated heterocycles. The van der Waals surface area contributed by atoms with Gasteiger partial charge in [0, 0.05) is 32.4 Å². The van der Waals surface area contributed by atoms with E-state index in [9.17, 15) is 0 Å². The molecule has 0 unspecified atom stereocenters. The van der Waals surface area contributed by atoms with Gasteiger partial charge in [-0.1, -0.05) is 0 Å². The van der Waals surface area contributed by atoms with E-state index in [1.54, 1.807) is 0 Å². The van der Waals surface area contributed by atoms with Crippen LogP contribution in [0.3, 0.4) is 0 Å². The number of guanidine groups is 1. The second-order valence-corrected chi connectivity index (χ2v) is 6.45. The first-order chi connectivity index (χ1) is 9.05. The van der Waals surface area contributed by atoms with Crippen LogP contribution >= 0.6 is 0 Å². The normalized spacial score (nSPS) is 11.1. The lowest BCUT2D eigenvalue weighted by Gasteiger charge is -2.28. The van der Waals surface area contributed by atoms with Crippen molar-refractivity contribution in [3.63, 3.8) is 0 Å². The summed E-state index contributed by atoms with van der Waals surface area (Å²) in [6.45, 7) is 7.65. The molecule has 0 bridgehead atoms. The second-order valence-electron chi connectivity index (χ2n) is 3.72. The summed E-state index contributed by atoms with van der Waals surface area (Å²) in [5.74, 6) is -0.251. The molecule has 0 aromatic heterocycles. The highest BCUT2D eigenvalue weighted by Crippen LogP contribution is 2.18. The van der Waals surface area contributed by atoms with Gasteiger partial charge in [-0.3, -0.25) is 5.41 Å². The van der Waals surface area contributed by atoms with Gasteiger partial charge in [-0.25, -0.2) is 4.90 Å². The van der Waals surface area contributed by atoms with Crippen LogP contribution in [0.15, 0.2) is 0 Å². The van der Waals surface area contributed by atoms with Gasteiger partial charge in [0.2, 0.25) is 5.96 Å². The fourth-order valence-electron chi connectivity index (χ4n) is 1.68. The molecule has 0 aromatic carbocycles. The molecule has 19 heavy (non-hydrogen) atoms. The molecule has 0 aliphatic rings. The molecule has 0 fully saturated rings. The smallest absolute Gasteiger partial charge is 0.374 e. The minimum Gasteiger partial charge on any atom is -0.374 e. The van der Waals surface area contributed by atoms with E-state index in [1.807, 2.05) is 27.0 Å². The Labute approximate surface area is 116 Å². The molecule has 0 spiro atoms. The fourth-order valence-corrected chi connectivity index (χ4v) is 4.27. The van der Waals surface area contributed by atoms with Crippen molar-refractivity contribution in [2.45, 2.75) is 33.2 Å². The van der Waals surface area contributed by atoms with Crippen molar-refractivity contribution >= 4 is 14.8 Å². The first kappa shape index (κ1) is 17.9. The first-order valence-corrected chi connectivity index (χ1v) is 8.41. The lowest BCUT2D eigenvalue weighted by Crippen LogP contribution is -2.46. The zero-order valence-corrected chi connectivity index (χ0v) is 12.9. The summed E-state index contributed by atoms with van der Waals surface area (Å²) in [5.41, 5.74) is 5.28. The molecule has 0 radical (unpaired) electrons. The van der Waals surface area contributed by atoms with Crippen LogP contribution in [0.5, 0.6) is 0 Å². The molecule has 3 N–H and O–H groups in total. The van der Waals surface area contributed by atoms with Gasteiger partial charge in [0.1, 0.15) is 0 Å². The van der Waals surface area contributed by atoms with Gasteiger partial charge in [0.05, 0.1) is 0 Å². The highest BCUT2D eigenvalue weighted by Gasteiger charge is 2.39. The number of nitrogens with two attached hydrogens (primary N) is 1. The quantitative estimate of drug-likeness (QED) is 0.205. The number of nitrogens with zero attached hydrogens (tertiary/aromatic N) is 2. The van der Waals surface area contributed by atoms with Crippen molar-refractivity contribution in [2.75, 3.05) is 26.4 Å². The van der Waals surface area contributed by atoms with E-state index in [1.165, 1.54) is 0 Å². The summed E-state index contributed by atoms with van der Waals surface area (Å²) in [7, 11) is -2.66. The van der Waals surface area contributed by atoms with Crippen molar-refractivity contribution in [1.29, 1.82) is 10.7 Å². The zero-order chi connectivity index (χ0) is 14.7. The van der Waals surface area contributed by atoms with Gasteiger partial charge in [-0.15, -0.1) is 0 Å². The van der Waals surface area contributed by atoms with Crippen molar-refractivity contribution in [3.8, 4) is 6.19 Å². The van der Waals surface area contributed by atoms with Crippen LogP contribution in [-0.4, -0.2) is 46.0 Å². The minimum absolute atomic E-state index is 0.251. The maximum absolute atomic E-state index is 8.81. The lowest BCUT2D eigenvalue weighted by atomic mass is 10.4. The van der Waals surface area contributed by atoms with Crippen LogP contribution in [-0.2, 0) is 13.3 Å². The maximum Gasteiger partial charge on any atom is 0.500 e. The van der Waals surface area contributed by atoms with Crippen molar-refractivity contribution in [2.24, 2.45) is 5.73 Å². The molecule has 7 nitrogen and oxygen atoms in total. The molecule has 0 heterocycles. The summed E-state index contributed by atoms with van der Waals surface area (Å²) in [5, 5.41) is 16.0. The molecule has 0 atom stereocenters. The molecule has 0 amide bonds. The van der Waals surface area contributed by atoms with Crippen LogP contribution in [0.4, 0.5) is 0 Å². The standard InChI is InChI=1S/C11H24N4O3Si/c1-4-16-19(17-5-2,18-6-3)9-7-8-15(10-12)11(13)14/h4-9H2,1-3H3,(H3,13,14). The van der Waals surface area contributed by atoms with E-state index < -0.39 is 8.80 Å². The molecule has 110 valence electrons. The van der Waals surface area contributed by atoms with Gasteiger partial charge in [0.15, 0.2) is 6.19 Å². The Morgan fingerprint density at radius 3 is 2.00 bits per heavy atom. The second kappa shape index (κ2) is 9.74. The number of nitrogens with one attached hydrogen (secondary N) is 1. The summed E-state index contributed by atoms with van der Waals surface area (Å²) >= 11 is 0. The van der Waals surface area contributed by atoms with E-state index in [0.717, 1.165) is 4.90 Å². The lowest BCUT2D eigenvalue weighted by molar-refractivity contribution is 0.0706.